The monoisotopic (exact) mass is 360 g/mol. The van der Waals surface area contributed by atoms with E-state index < -0.39 is 12.1 Å². The van der Waals surface area contributed by atoms with Gasteiger partial charge in [0.1, 0.15) is 5.75 Å². The Hall–Kier alpha value is -2.61. The number of carbonyl (C=O) groups is 3. The lowest BCUT2D eigenvalue weighted by atomic mass is 10.1. The topological polar surface area (TPSA) is 99.8 Å². The zero-order valence-electron chi connectivity index (χ0n) is 15.2. The minimum atomic E-state index is -0.547. The van der Waals surface area contributed by atoms with Gasteiger partial charge in [0.2, 0.25) is 11.8 Å². The van der Waals surface area contributed by atoms with Gasteiger partial charge in [-0.1, -0.05) is 0 Å². The van der Waals surface area contributed by atoms with Gasteiger partial charge < -0.3 is 20.7 Å². The molecule has 3 amide bonds. The number of nitrogens with one attached hydrogen (secondary N) is 3. The number of ether oxygens (including phenoxy) is 1. The van der Waals surface area contributed by atoms with Crippen LogP contribution in [0, 0.1) is 0 Å². The molecule has 3 rings (SSSR count). The van der Waals surface area contributed by atoms with E-state index in [4.69, 9.17) is 4.74 Å². The largest absolute Gasteiger partial charge is 0.479 e. The highest BCUT2D eigenvalue weighted by molar-refractivity contribution is 6.00. The van der Waals surface area contributed by atoms with Gasteiger partial charge in [-0.05, 0) is 39.0 Å². The Bertz CT molecular complexity index is 734. The summed E-state index contributed by atoms with van der Waals surface area (Å²) >= 11 is 0. The van der Waals surface area contributed by atoms with E-state index in [1.54, 1.807) is 25.1 Å². The fourth-order valence-corrected chi connectivity index (χ4v) is 3.23. The molecule has 2 unspecified atom stereocenters. The molecule has 0 saturated carbocycles. The molecule has 1 saturated heterocycles. The molecule has 2 aliphatic rings. The molecule has 8 heteroatoms. The average molecular weight is 360 g/mol. The Morgan fingerprint density at radius 3 is 2.85 bits per heavy atom. The van der Waals surface area contributed by atoms with E-state index in [1.807, 2.05) is 18.7 Å². The molecular formula is C18H24N4O4. The second-order valence-electron chi connectivity index (χ2n) is 6.85. The molecule has 0 bridgehead atoms. The van der Waals surface area contributed by atoms with E-state index in [0.29, 0.717) is 23.7 Å². The van der Waals surface area contributed by atoms with Crippen molar-refractivity contribution in [2.75, 3.05) is 23.7 Å². The molecule has 0 aromatic heterocycles. The predicted molar refractivity (Wildman–Crippen MR) is 97.0 cm³/mol. The van der Waals surface area contributed by atoms with Crippen LogP contribution in [-0.4, -0.2) is 53.9 Å². The number of anilines is 2. The maximum atomic E-state index is 12.4. The number of piperazine rings is 1. The molecule has 2 atom stereocenters. The maximum absolute atomic E-state index is 12.4. The lowest BCUT2D eigenvalue weighted by molar-refractivity contribution is -0.133. The quantitative estimate of drug-likeness (QED) is 0.742. The summed E-state index contributed by atoms with van der Waals surface area (Å²) in [7, 11) is 0. The standard InChI is InChI=1S/C18H24N4O4/c1-10(2)22-7-6-19-18(25)14(22)9-16(23)20-12-4-5-15-13(8-12)21-17(24)11(3)26-15/h4-5,8,10-11,14H,6-7,9H2,1-3H3,(H,19,25)(H,20,23)(H,21,24). The summed E-state index contributed by atoms with van der Waals surface area (Å²) in [5.41, 5.74) is 1.06. The average Bonchev–Trinajstić information content (AvgIpc) is 2.57. The highest BCUT2D eigenvalue weighted by Gasteiger charge is 2.33. The van der Waals surface area contributed by atoms with Crippen LogP contribution < -0.4 is 20.7 Å². The number of hydrogen-bond acceptors (Lipinski definition) is 5. The molecule has 1 aromatic carbocycles. The molecule has 2 aliphatic heterocycles. The first-order valence-corrected chi connectivity index (χ1v) is 8.80. The number of amides is 3. The van der Waals surface area contributed by atoms with Crippen LogP contribution in [0.2, 0.25) is 0 Å². The molecule has 2 heterocycles. The first-order valence-electron chi connectivity index (χ1n) is 8.80. The fraction of sp³-hybridized carbons (Fsp3) is 0.500. The van der Waals surface area contributed by atoms with E-state index in [0.717, 1.165) is 6.54 Å². The van der Waals surface area contributed by atoms with E-state index in [1.165, 1.54) is 0 Å². The summed E-state index contributed by atoms with van der Waals surface area (Å²) < 4.78 is 5.50. The number of hydrogen-bond donors (Lipinski definition) is 3. The summed E-state index contributed by atoms with van der Waals surface area (Å²) in [6, 6.07) is 4.76. The second-order valence-corrected chi connectivity index (χ2v) is 6.85. The summed E-state index contributed by atoms with van der Waals surface area (Å²) in [5.74, 6) is -0.0468. The van der Waals surface area contributed by atoms with Gasteiger partial charge in [-0.2, -0.15) is 0 Å². The summed E-state index contributed by atoms with van der Waals surface area (Å²) in [6.07, 6.45) is -0.476. The van der Waals surface area contributed by atoms with Crippen molar-refractivity contribution < 1.29 is 19.1 Å². The van der Waals surface area contributed by atoms with Crippen molar-refractivity contribution in [2.45, 2.75) is 45.4 Å². The van der Waals surface area contributed by atoms with Crippen LogP contribution in [0.15, 0.2) is 18.2 Å². The molecule has 3 N–H and O–H groups in total. The van der Waals surface area contributed by atoms with Crippen molar-refractivity contribution in [3.63, 3.8) is 0 Å². The van der Waals surface area contributed by atoms with Crippen LogP contribution in [0.25, 0.3) is 0 Å². The van der Waals surface area contributed by atoms with Crippen LogP contribution in [0.3, 0.4) is 0 Å². The summed E-state index contributed by atoms with van der Waals surface area (Å²) in [4.78, 5) is 38.3. The van der Waals surface area contributed by atoms with Gasteiger partial charge in [-0.3, -0.25) is 19.3 Å². The van der Waals surface area contributed by atoms with Crippen LogP contribution in [0.1, 0.15) is 27.2 Å². The normalized spacial score (nSPS) is 22.9. The van der Waals surface area contributed by atoms with Crippen molar-refractivity contribution in [2.24, 2.45) is 0 Å². The Balaban J connectivity index is 1.67. The molecule has 0 aliphatic carbocycles. The smallest absolute Gasteiger partial charge is 0.265 e. The first-order chi connectivity index (χ1) is 12.3. The third-order valence-corrected chi connectivity index (χ3v) is 4.61. The number of fused-ring (bicyclic) bond motifs is 1. The second kappa shape index (κ2) is 7.33. The summed E-state index contributed by atoms with van der Waals surface area (Å²) in [6.45, 7) is 7.01. The van der Waals surface area contributed by atoms with E-state index in [2.05, 4.69) is 16.0 Å². The van der Waals surface area contributed by atoms with Gasteiger partial charge in [-0.25, -0.2) is 0 Å². The van der Waals surface area contributed by atoms with Crippen molar-refractivity contribution in [3.8, 4) is 5.75 Å². The van der Waals surface area contributed by atoms with E-state index in [-0.39, 0.29) is 30.2 Å². The Labute approximate surface area is 152 Å². The lowest BCUT2D eigenvalue weighted by Crippen LogP contribution is -2.58. The van der Waals surface area contributed by atoms with Crippen molar-refractivity contribution >= 4 is 29.1 Å². The van der Waals surface area contributed by atoms with Crippen LogP contribution >= 0.6 is 0 Å². The third kappa shape index (κ3) is 3.80. The fourth-order valence-electron chi connectivity index (χ4n) is 3.23. The SMILES string of the molecule is CC1Oc2ccc(NC(=O)CC3C(=O)NCCN3C(C)C)cc2NC1=O. The van der Waals surface area contributed by atoms with Crippen molar-refractivity contribution in [1.82, 2.24) is 10.2 Å². The molecular weight excluding hydrogens is 336 g/mol. The van der Waals surface area contributed by atoms with E-state index >= 15 is 0 Å². The maximum Gasteiger partial charge on any atom is 0.265 e. The molecule has 0 spiro atoms. The van der Waals surface area contributed by atoms with E-state index in [9.17, 15) is 14.4 Å². The number of rotatable bonds is 4. The van der Waals surface area contributed by atoms with Gasteiger partial charge in [0, 0.05) is 24.8 Å². The Kier molecular flexibility index (Phi) is 5.13. The van der Waals surface area contributed by atoms with Gasteiger partial charge in [-0.15, -0.1) is 0 Å². The third-order valence-electron chi connectivity index (χ3n) is 4.61. The minimum absolute atomic E-state index is 0.0704. The number of carbonyl (C=O) groups excluding carboxylic acids is 3. The van der Waals surface area contributed by atoms with Crippen molar-refractivity contribution in [1.29, 1.82) is 0 Å². The number of nitrogens with zero attached hydrogens (tertiary/aromatic N) is 1. The Morgan fingerprint density at radius 2 is 2.12 bits per heavy atom. The minimum Gasteiger partial charge on any atom is -0.479 e. The van der Waals surface area contributed by atoms with Gasteiger partial charge in [0.15, 0.2) is 6.10 Å². The molecule has 1 fully saturated rings. The van der Waals surface area contributed by atoms with Crippen LogP contribution in [0.4, 0.5) is 11.4 Å². The zero-order valence-corrected chi connectivity index (χ0v) is 15.2. The molecule has 1 aromatic rings. The lowest BCUT2D eigenvalue weighted by Gasteiger charge is -2.37. The van der Waals surface area contributed by atoms with Crippen molar-refractivity contribution in [3.05, 3.63) is 18.2 Å². The molecule has 8 nitrogen and oxygen atoms in total. The number of benzene rings is 1. The Morgan fingerprint density at radius 1 is 1.35 bits per heavy atom. The molecule has 140 valence electrons. The first kappa shape index (κ1) is 18.2. The van der Waals surface area contributed by atoms with Gasteiger partial charge in [0.05, 0.1) is 18.2 Å². The zero-order chi connectivity index (χ0) is 18.8. The highest BCUT2D eigenvalue weighted by atomic mass is 16.5. The van der Waals surface area contributed by atoms with Crippen LogP contribution in [-0.2, 0) is 14.4 Å². The molecule has 26 heavy (non-hydrogen) atoms. The van der Waals surface area contributed by atoms with Gasteiger partial charge in [0.25, 0.3) is 5.91 Å². The van der Waals surface area contributed by atoms with Crippen LogP contribution in [0.5, 0.6) is 5.75 Å². The molecule has 0 radical (unpaired) electrons. The van der Waals surface area contributed by atoms with Gasteiger partial charge >= 0.3 is 0 Å². The summed E-state index contributed by atoms with van der Waals surface area (Å²) in [5, 5.41) is 8.35. The predicted octanol–water partition coefficient (Wildman–Crippen LogP) is 0.943. The highest BCUT2D eigenvalue weighted by Crippen LogP contribution is 2.32.